The number of rotatable bonds is 4. The lowest BCUT2D eigenvalue weighted by atomic mass is 9.91. The molecule has 106 valence electrons. The molecule has 0 amide bonds. The van der Waals surface area contributed by atoms with Crippen molar-refractivity contribution in [3.8, 4) is 0 Å². The van der Waals surface area contributed by atoms with Gasteiger partial charge in [-0.15, -0.1) is 11.3 Å². The molecule has 2 heterocycles. The Labute approximate surface area is 121 Å². The van der Waals surface area contributed by atoms with Gasteiger partial charge in [-0.3, -0.25) is 4.90 Å². The standard InChI is InChI=1S/C16H26N2S/c1-4-14-7-8-15(19-14)10-18-11-16(3,13-5-6-13)17-9-12(18)2/h7-8,12-13,17H,4-6,9-11H2,1-3H3. The Morgan fingerprint density at radius 1 is 1.37 bits per heavy atom. The Morgan fingerprint density at radius 3 is 2.74 bits per heavy atom. The fourth-order valence-corrected chi connectivity index (χ4v) is 4.23. The van der Waals surface area contributed by atoms with Gasteiger partial charge >= 0.3 is 0 Å². The number of thiophene rings is 1. The van der Waals surface area contributed by atoms with Gasteiger partial charge in [0.1, 0.15) is 0 Å². The maximum absolute atomic E-state index is 3.80. The number of nitrogens with zero attached hydrogens (tertiary/aromatic N) is 1. The number of aryl methyl sites for hydroxylation is 1. The first-order valence-electron chi connectivity index (χ1n) is 7.67. The lowest BCUT2D eigenvalue weighted by Gasteiger charge is -2.45. The van der Waals surface area contributed by atoms with Crippen molar-refractivity contribution >= 4 is 11.3 Å². The van der Waals surface area contributed by atoms with E-state index in [-0.39, 0.29) is 0 Å². The van der Waals surface area contributed by atoms with Crippen LogP contribution in [-0.2, 0) is 13.0 Å². The molecule has 1 N–H and O–H groups in total. The molecule has 0 radical (unpaired) electrons. The zero-order valence-electron chi connectivity index (χ0n) is 12.4. The van der Waals surface area contributed by atoms with Crippen LogP contribution in [0.25, 0.3) is 0 Å². The van der Waals surface area contributed by atoms with Crippen LogP contribution in [0.3, 0.4) is 0 Å². The molecule has 19 heavy (non-hydrogen) atoms. The number of hydrogen-bond donors (Lipinski definition) is 1. The van der Waals surface area contributed by atoms with Crippen LogP contribution >= 0.6 is 11.3 Å². The van der Waals surface area contributed by atoms with Crippen LogP contribution in [0, 0.1) is 5.92 Å². The molecule has 0 aromatic carbocycles. The highest BCUT2D eigenvalue weighted by atomic mass is 32.1. The lowest BCUT2D eigenvalue weighted by Crippen LogP contribution is -2.62. The molecule has 1 aliphatic heterocycles. The maximum Gasteiger partial charge on any atom is 0.0332 e. The smallest absolute Gasteiger partial charge is 0.0332 e. The van der Waals surface area contributed by atoms with Gasteiger partial charge < -0.3 is 5.32 Å². The van der Waals surface area contributed by atoms with Crippen LogP contribution in [0.5, 0.6) is 0 Å². The Balaban J connectivity index is 1.67. The van der Waals surface area contributed by atoms with Gasteiger partial charge in [-0.2, -0.15) is 0 Å². The molecule has 2 fully saturated rings. The van der Waals surface area contributed by atoms with Crippen LogP contribution in [-0.4, -0.2) is 29.6 Å². The van der Waals surface area contributed by atoms with Crippen molar-refractivity contribution in [2.75, 3.05) is 13.1 Å². The van der Waals surface area contributed by atoms with Crippen LogP contribution in [0.1, 0.15) is 43.4 Å². The quantitative estimate of drug-likeness (QED) is 0.909. The average Bonchev–Trinajstić information content (AvgIpc) is 3.16. The molecule has 1 aliphatic carbocycles. The van der Waals surface area contributed by atoms with E-state index in [2.05, 4.69) is 43.1 Å². The van der Waals surface area contributed by atoms with Gasteiger partial charge in [0.05, 0.1) is 0 Å². The largest absolute Gasteiger partial charge is 0.308 e. The fourth-order valence-electron chi connectivity index (χ4n) is 3.25. The van der Waals surface area contributed by atoms with Gasteiger partial charge in [0.15, 0.2) is 0 Å². The summed E-state index contributed by atoms with van der Waals surface area (Å²) in [6.07, 6.45) is 4.01. The summed E-state index contributed by atoms with van der Waals surface area (Å²) >= 11 is 1.99. The van der Waals surface area contributed by atoms with E-state index < -0.39 is 0 Å². The molecule has 2 atom stereocenters. The SMILES string of the molecule is CCc1ccc(CN2CC(C)(C3CC3)NCC2C)s1. The Kier molecular flexibility index (Phi) is 3.71. The summed E-state index contributed by atoms with van der Waals surface area (Å²) in [6.45, 7) is 10.5. The van der Waals surface area contributed by atoms with Gasteiger partial charge in [-0.25, -0.2) is 0 Å². The monoisotopic (exact) mass is 278 g/mol. The van der Waals surface area contributed by atoms with Crippen LogP contribution in [0.15, 0.2) is 12.1 Å². The van der Waals surface area contributed by atoms with Crippen molar-refractivity contribution in [1.82, 2.24) is 10.2 Å². The van der Waals surface area contributed by atoms with E-state index in [4.69, 9.17) is 0 Å². The molecular formula is C16H26N2S. The first-order valence-corrected chi connectivity index (χ1v) is 8.49. The van der Waals surface area contributed by atoms with Crippen molar-refractivity contribution < 1.29 is 0 Å². The fraction of sp³-hybridized carbons (Fsp3) is 0.750. The van der Waals surface area contributed by atoms with Crippen molar-refractivity contribution in [3.63, 3.8) is 0 Å². The van der Waals surface area contributed by atoms with Crippen molar-refractivity contribution in [2.45, 2.75) is 58.2 Å². The third-order valence-electron chi connectivity index (χ3n) is 4.86. The van der Waals surface area contributed by atoms with Crippen molar-refractivity contribution in [2.24, 2.45) is 5.92 Å². The van der Waals surface area contributed by atoms with Gasteiger partial charge in [-0.1, -0.05) is 6.92 Å². The second kappa shape index (κ2) is 5.19. The predicted molar refractivity (Wildman–Crippen MR) is 82.7 cm³/mol. The van der Waals surface area contributed by atoms with Gasteiger partial charge in [-0.05, 0) is 51.2 Å². The molecule has 1 saturated carbocycles. The van der Waals surface area contributed by atoms with E-state index in [1.165, 1.54) is 35.6 Å². The van der Waals surface area contributed by atoms with Gasteiger partial charge in [0.25, 0.3) is 0 Å². The summed E-state index contributed by atoms with van der Waals surface area (Å²) in [6, 6.07) is 5.28. The maximum atomic E-state index is 3.80. The van der Waals surface area contributed by atoms with Gasteiger partial charge in [0, 0.05) is 41.0 Å². The number of piperazine rings is 1. The zero-order valence-corrected chi connectivity index (χ0v) is 13.2. The van der Waals surface area contributed by atoms with Crippen LogP contribution in [0.4, 0.5) is 0 Å². The Bertz CT molecular complexity index is 438. The molecule has 1 aromatic heterocycles. The minimum atomic E-state index is 0.358. The van der Waals surface area contributed by atoms with Crippen molar-refractivity contribution in [3.05, 3.63) is 21.9 Å². The van der Waals surface area contributed by atoms with E-state index in [9.17, 15) is 0 Å². The van der Waals surface area contributed by atoms with Crippen LogP contribution < -0.4 is 5.32 Å². The third-order valence-corrected chi connectivity index (χ3v) is 6.07. The number of nitrogens with one attached hydrogen (secondary N) is 1. The zero-order chi connectivity index (χ0) is 13.5. The van der Waals surface area contributed by atoms with Crippen molar-refractivity contribution in [1.29, 1.82) is 0 Å². The highest BCUT2D eigenvalue weighted by Crippen LogP contribution is 2.41. The first kappa shape index (κ1) is 13.6. The molecule has 3 rings (SSSR count). The molecule has 0 bridgehead atoms. The number of hydrogen-bond acceptors (Lipinski definition) is 3. The van der Waals surface area contributed by atoms with E-state index in [1.807, 2.05) is 11.3 Å². The third kappa shape index (κ3) is 2.88. The Morgan fingerprint density at radius 2 is 2.11 bits per heavy atom. The van der Waals surface area contributed by atoms with E-state index in [0.717, 1.165) is 19.0 Å². The minimum Gasteiger partial charge on any atom is -0.308 e. The highest BCUT2D eigenvalue weighted by molar-refractivity contribution is 7.11. The normalized spacial score (nSPS) is 32.7. The van der Waals surface area contributed by atoms with E-state index in [1.54, 1.807) is 0 Å². The molecule has 2 unspecified atom stereocenters. The minimum absolute atomic E-state index is 0.358. The second-order valence-corrected chi connectivity index (χ2v) is 7.80. The predicted octanol–water partition coefficient (Wildman–Crippen LogP) is 3.27. The molecule has 1 aromatic rings. The summed E-state index contributed by atoms with van der Waals surface area (Å²) in [5.41, 5.74) is 0.358. The van der Waals surface area contributed by atoms with Gasteiger partial charge in [0.2, 0.25) is 0 Å². The molecule has 1 saturated heterocycles. The molecule has 3 heteroatoms. The Hall–Kier alpha value is -0.380. The summed E-state index contributed by atoms with van der Waals surface area (Å²) in [5, 5.41) is 3.80. The van der Waals surface area contributed by atoms with Crippen LogP contribution in [0.2, 0.25) is 0 Å². The molecule has 0 spiro atoms. The topological polar surface area (TPSA) is 15.3 Å². The highest BCUT2D eigenvalue weighted by Gasteiger charge is 2.45. The molecule has 2 aliphatic rings. The summed E-state index contributed by atoms with van der Waals surface area (Å²) in [4.78, 5) is 5.73. The molecular weight excluding hydrogens is 252 g/mol. The average molecular weight is 278 g/mol. The first-order chi connectivity index (χ1) is 9.10. The molecule has 2 nitrogen and oxygen atoms in total. The van der Waals surface area contributed by atoms with E-state index >= 15 is 0 Å². The summed E-state index contributed by atoms with van der Waals surface area (Å²) in [7, 11) is 0. The second-order valence-electron chi connectivity index (χ2n) is 6.55. The van der Waals surface area contributed by atoms with E-state index in [0.29, 0.717) is 11.6 Å². The summed E-state index contributed by atoms with van der Waals surface area (Å²) < 4.78 is 0. The summed E-state index contributed by atoms with van der Waals surface area (Å²) in [5.74, 6) is 0.914. The lowest BCUT2D eigenvalue weighted by molar-refractivity contribution is 0.0779.